The Morgan fingerprint density at radius 1 is 1.10 bits per heavy atom. The number of ether oxygens (including phenoxy) is 2. The lowest BCUT2D eigenvalue weighted by atomic mass is 10.0. The van der Waals surface area contributed by atoms with Gasteiger partial charge in [0.2, 0.25) is 0 Å². The zero-order valence-electron chi connectivity index (χ0n) is 16.5. The van der Waals surface area contributed by atoms with Gasteiger partial charge in [0.1, 0.15) is 5.52 Å². The fraction of sp³-hybridized carbons (Fsp3) is 0.409. The maximum absolute atomic E-state index is 13.3. The zero-order valence-corrected chi connectivity index (χ0v) is 16.5. The molecule has 0 aliphatic carbocycles. The molecule has 150 valence electrons. The van der Waals surface area contributed by atoms with Gasteiger partial charge >= 0.3 is 0 Å². The van der Waals surface area contributed by atoms with E-state index in [2.05, 4.69) is 16.4 Å². The molecule has 1 unspecified atom stereocenters. The second-order valence-corrected chi connectivity index (χ2v) is 7.52. The van der Waals surface area contributed by atoms with E-state index >= 15 is 0 Å². The fourth-order valence-corrected chi connectivity index (χ4v) is 4.25. The Morgan fingerprint density at radius 2 is 1.97 bits per heavy atom. The molecule has 1 amide bonds. The summed E-state index contributed by atoms with van der Waals surface area (Å²) in [6.45, 7) is 4.85. The van der Waals surface area contributed by atoms with E-state index in [0.717, 1.165) is 60.4 Å². The molecule has 2 aromatic carbocycles. The molecule has 2 aliphatic rings. The van der Waals surface area contributed by atoms with E-state index in [4.69, 9.17) is 9.47 Å². The minimum Gasteiger partial charge on any atom is -0.490 e. The molecule has 2 aliphatic heterocycles. The Labute approximate surface area is 169 Å². The molecule has 3 aromatic rings. The highest BCUT2D eigenvalue weighted by molar-refractivity contribution is 5.97. The number of hydrogen-bond donors (Lipinski definition) is 0. The maximum Gasteiger partial charge on any atom is 0.254 e. The highest BCUT2D eigenvalue weighted by atomic mass is 16.5. The number of hydrogen-bond acceptors (Lipinski definition) is 5. The number of fused-ring (bicyclic) bond motifs is 2. The number of nitrogens with zero attached hydrogens (tertiary/aromatic N) is 4. The van der Waals surface area contributed by atoms with Crippen LogP contribution in [0.2, 0.25) is 0 Å². The van der Waals surface area contributed by atoms with Gasteiger partial charge in [-0.05, 0) is 55.7 Å². The van der Waals surface area contributed by atoms with Crippen LogP contribution >= 0.6 is 0 Å². The maximum atomic E-state index is 13.3. The summed E-state index contributed by atoms with van der Waals surface area (Å²) in [4.78, 5) is 15.3. The van der Waals surface area contributed by atoms with Gasteiger partial charge in [0, 0.05) is 25.1 Å². The molecule has 0 radical (unpaired) electrons. The minimum absolute atomic E-state index is 0.0348. The normalized spacial score (nSPS) is 18.8. The molecule has 29 heavy (non-hydrogen) atoms. The Hall–Kier alpha value is -3.09. The standard InChI is InChI=1S/C22H24N4O3/c1-2-26-19-8-6-16(13-17(19)23-24-26)22(27)25-10-3-5-18(25)15-7-9-20-21(14-15)29-12-4-11-28-20/h6-9,13-14,18H,2-5,10-12H2,1H3. The Bertz CT molecular complexity index is 1060. The average Bonchev–Trinajstić information content (AvgIpc) is 3.33. The highest BCUT2D eigenvalue weighted by Gasteiger charge is 2.31. The third kappa shape index (κ3) is 3.20. The Kier molecular flexibility index (Phi) is 4.58. The number of amides is 1. The predicted octanol–water partition coefficient (Wildman–Crippen LogP) is 3.59. The van der Waals surface area contributed by atoms with Gasteiger partial charge in [-0.25, -0.2) is 4.68 Å². The van der Waals surface area contributed by atoms with Crippen LogP contribution in [0.5, 0.6) is 11.5 Å². The molecule has 3 heterocycles. The van der Waals surface area contributed by atoms with Crippen molar-refractivity contribution in [3.05, 3.63) is 47.5 Å². The summed E-state index contributed by atoms with van der Waals surface area (Å²) in [5.74, 6) is 1.59. The number of aryl methyl sites for hydroxylation is 1. The topological polar surface area (TPSA) is 69.5 Å². The van der Waals surface area contributed by atoms with Crippen molar-refractivity contribution in [1.82, 2.24) is 19.9 Å². The second-order valence-electron chi connectivity index (χ2n) is 7.52. The summed E-state index contributed by atoms with van der Waals surface area (Å²) in [6.07, 6.45) is 2.81. The SMILES string of the molecule is CCn1nnc2cc(C(=O)N3CCCC3c3ccc4c(c3)OCCCO4)ccc21. The van der Waals surface area contributed by atoms with Crippen LogP contribution < -0.4 is 9.47 Å². The molecular formula is C22H24N4O3. The summed E-state index contributed by atoms with van der Waals surface area (Å²) < 4.78 is 13.4. The number of likely N-dealkylation sites (tertiary alicyclic amines) is 1. The van der Waals surface area contributed by atoms with Crippen LogP contribution in [-0.2, 0) is 6.54 Å². The van der Waals surface area contributed by atoms with E-state index in [1.54, 1.807) is 0 Å². The van der Waals surface area contributed by atoms with Gasteiger partial charge in [-0.3, -0.25) is 4.79 Å². The number of rotatable bonds is 3. The van der Waals surface area contributed by atoms with Crippen LogP contribution in [0.15, 0.2) is 36.4 Å². The van der Waals surface area contributed by atoms with Crippen molar-refractivity contribution in [3.8, 4) is 11.5 Å². The van der Waals surface area contributed by atoms with Gasteiger partial charge in [-0.1, -0.05) is 11.3 Å². The second kappa shape index (κ2) is 7.39. The number of carbonyl (C=O) groups is 1. The molecule has 1 fully saturated rings. The van der Waals surface area contributed by atoms with Crippen LogP contribution in [-0.4, -0.2) is 45.6 Å². The van der Waals surface area contributed by atoms with Crippen molar-refractivity contribution in [3.63, 3.8) is 0 Å². The van der Waals surface area contributed by atoms with E-state index in [9.17, 15) is 4.79 Å². The van der Waals surface area contributed by atoms with E-state index < -0.39 is 0 Å². The summed E-state index contributed by atoms with van der Waals surface area (Å²) in [7, 11) is 0. The van der Waals surface area contributed by atoms with E-state index in [1.807, 2.05) is 46.8 Å². The number of benzene rings is 2. The van der Waals surface area contributed by atoms with Crippen LogP contribution in [0, 0.1) is 0 Å². The van der Waals surface area contributed by atoms with E-state index in [-0.39, 0.29) is 11.9 Å². The molecular weight excluding hydrogens is 368 g/mol. The monoisotopic (exact) mass is 392 g/mol. The first-order valence-corrected chi connectivity index (χ1v) is 10.3. The van der Waals surface area contributed by atoms with Crippen LogP contribution in [0.4, 0.5) is 0 Å². The van der Waals surface area contributed by atoms with E-state index in [1.165, 1.54) is 0 Å². The third-order valence-corrected chi connectivity index (χ3v) is 5.73. The van der Waals surface area contributed by atoms with Gasteiger partial charge in [0.15, 0.2) is 11.5 Å². The lowest BCUT2D eigenvalue weighted by molar-refractivity contribution is 0.0735. The first kappa shape index (κ1) is 18.0. The molecule has 1 saturated heterocycles. The quantitative estimate of drug-likeness (QED) is 0.681. The molecule has 0 spiro atoms. The Balaban J connectivity index is 1.43. The Morgan fingerprint density at radius 3 is 2.83 bits per heavy atom. The van der Waals surface area contributed by atoms with Crippen molar-refractivity contribution in [2.24, 2.45) is 0 Å². The van der Waals surface area contributed by atoms with Gasteiger partial charge in [-0.2, -0.15) is 0 Å². The van der Waals surface area contributed by atoms with Crippen molar-refractivity contribution in [1.29, 1.82) is 0 Å². The summed E-state index contributed by atoms with van der Waals surface area (Å²) in [6, 6.07) is 11.8. The molecule has 1 atom stereocenters. The third-order valence-electron chi connectivity index (χ3n) is 5.73. The summed E-state index contributed by atoms with van der Waals surface area (Å²) in [5, 5.41) is 8.34. The largest absolute Gasteiger partial charge is 0.490 e. The predicted molar refractivity (Wildman–Crippen MR) is 108 cm³/mol. The molecule has 7 heteroatoms. The van der Waals surface area contributed by atoms with Gasteiger partial charge in [0.25, 0.3) is 5.91 Å². The molecule has 1 aromatic heterocycles. The van der Waals surface area contributed by atoms with Gasteiger partial charge < -0.3 is 14.4 Å². The highest BCUT2D eigenvalue weighted by Crippen LogP contribution is 2.38. The molecule has 0 N–H and O–H groups in total. The van der Waals surface area contributed by atoms with Crippen molar-refractivity contribution in [2.45, 2.75) is 38.8 Å². The lowest BCUT2D eigenvalue weighted by Crippen LogP contribution is -2.30. The fourth-order valence-electron chi connectivity index (χ4n) is 4.25. The van der Waals surface area contributed by atoms with Crippen molar-refractivity contribution < 1.29 is 14.3 Å². The lowest BCUT2D eigenvalue weighted by Gasteiger charge is -2.26. The first-order valence-electron chi connectivity index (χ1n) is 10.3. The van der Waals surface area contributed by atoms with Crippen molar-refractivity contribution in [2.75, 3.05) is 19.8 Å². The van der Waals surface area contributed by atoms with Gasteiger partial charge in [-0.15, -0.1) is 5.10 Å². The van der Waals surface area contributed by atoms with Crippen LogP contribution in [0.1, 0.15) is 48.1 Å². The first-order chi connectivity index (χ1) is 14.2. The molecule has 0 bridgehead atoms. The zero-order chi connectivity index (χ0) is 19.8. The number of aromatic nitrogens is 3. The minimum atomic E-state index is 0.0348. The van der Waals surface area contributed by atoms with Gasteiger partial charge in [0.05, 0.1) is 24.8 Å². The molecule has 5 rings (SSSR count). The van der Waals surface area contributed by atoms with E-state index in [0.29, 0.717) is 18.8 Å². The smallest absolute Gasteiger partial charge is 0.254 e. The average molecular weight is 392 g/mol. The summed E-state index contributed by atoms with van der Waals surface area (Å²) in [5.41, 5.74) is 3.45. The molecule has 7 nitrogen and oxygen atoms in total. The van der Waals surface area contributed by atoms with Crippen molar-refractivity contribution >= 4 is 16.9 Å². The van der Waals surface area contributed by atoms with Crippen LogP contribution in [0.25, 0.3) is 11.0 Å². The van der Waals surface area contributed by atoms with Crippen LogP contribution in [0.3, 0.4) is 0 Å². The number of carbonyl (C=O) groups excluding carboxylic acids is 1. The summed E-state index contributed by atoms with van der Waals surface area (Å²) >= 11 is 0. The molecule has 0 saturated carbocycles.